The molecule has 0 radical (unpaired) electrons. The normalized spacial score (nSPS) is 13.2. The van der Waals surface area contributed by atoms with Crippen molar-refractivity contribution >= 4 is 10.8 Å². The molecule has 2 aromatic rings. The van der Waals surface area contributed by atoms with Crippen molar-refractivity contribution in [2.75, 3.05) is 13.2 Å². The zero-order chi connectivity index (χ0) is 8.93. The zero-order valence-corrected chi connectivity index (χ0v) is 7.44. The number of benzene rings is 2. The molecule has 2 aromatic carbocycles. The van der Waals surface area contributed by atoms with Crippen LogP contribution >= 0.6 is 0 Å². The van der Waals surface area contributed by atoms with Gasteiger partial charge in [0.1, 0.15) is 0 Å². The van der Waals surface area contributed by atoms with Gasteiger partial charge in [0.15, 0.2) is 0 Å². The summed E-state index contributed by atoms with van der Waals surface area (Å²) in [6.07, 6.45) is 0. The molecule has 0 amide bonds. The fourth-order valence-corrected chi connectivity index (χ4v) is 1.13. The van der Waals surface area contributed by atoms with Gasteiger partial charge in [0.2, 0.25) is 0 Å². The molecular formula is C12H12O. The molecule has 1 aliphatic heterocycles. The van der Waals surface area contributed by atoms with Crippen LogP contribution in [0.15, 0.2) is 48.5 Å². The predicted molar refractivity (Wildman–Crippen MR) is 54.8 cm³/mol. The van der Waals surface area contributed by atoms with E-state index >= 15 is 0 Å². The quantitative estimate of drug-likeness (QED) is 0.557. The van der Waals surface area contributed by atoms with E-state index in [1.54, 1.807) is 0 Å². The highest BCUT2D eigenvalue weighted by molar-refractivity contribution is 5.81. The number of hydrogen-bond acceptors (Lipinski definition) is 1. The summed E-state index contributed by atoms with van der Waals surface area (Å²) in [5.41, 5.74) is 0. The van der Waals surface area contributed by atoms with Gasteiger partial charge in [-0.05, 0) is 10.8 Å². The molecular weight excluding hydrogens is 160 g/mol. The van der Waals surface area contributed by atoms with Crippen molar-refractivity contribution in [3.05, 3.63) is 48.5 Å². The number of hydrogen-bond donors (Lipinski definition) is 0. The standard InChI is InChI=1S/C10H8.C2H4O/c1-2-6-10-8-4-3-7-9(10)5-1;1-2-3-1/h1-8H;1-2H2. The zero-order valence-electron chi connectivity index (χ0n) is 7.44. The Morgan fingerprint density at radius 2 is 1.00 bits per heavy atom. The molecule has 3 rings (SSSR count). The second kappa shape index (κ2) is 4.06. The minimum Gasteiger partial charge on any atom is -0.377 e. The molecule has 1 heteroatoms. The maximum absolute atomic E-state index is 4.50. The minimum atomic E-state index is 1.00. The topological polar surface area (TPSA) is 12.5 Å². The van der Waals surface area contributed by atoms with E-state index in [2.05, 4.69) is 53.3 Å². The van der Waals surface area contributed by atoms with Gasteiger partial charge < -0.3 is 4.74 Å². The van der Waals surface area contributed by atoms with Crippen LogP contribution in [0, 0.1) is 0 Å². The van der Waals surface area contributed by atoms with E-state index in [1.807, 2.05) is 0 Å². The lowest BCUT2D eigenvalue weighted by atomic mass is 10.1. The Hall–Kier alpha value is -1.34. The largest absolute Gasteiger partial charge is 0.377 e. The number of ether oxygens (including phenoxy) is 1. The first kappa shape index (κ1) is 8.27. The summed E-state index contributed by atoms with van der Waals surface area (Å²) in [5.74, 6) is 0. The first-order valence-corrected chi connectivity index (χ1v) is 4.48. The van der Waals surface area contributed by atoms with Gasteiger partial charge in [-0.15, -0.1) is 0 Å². The van der Waals surface area contributed by atoms with Gasteiger partial charge in [-0.1, -0.05) is 48.5 Å². The fraction of sp³-hybridized carbons (Fsp3) is 0.167. The molecule has 1 nitrogen and oxygen atoms in total. The lowest BCUT2D eigenvalue weighted by Crippen LogP contribution is -1.67. The van der Waals surface area contributed by atoms with E-state index in [4.69, 9.17) is 0 Å². The summed E-state index contributed by atoms with van der Waals surface area (Å²) in [6, 6.07) is 16.7. The van der Waals surface area contributed by atoms with Crippen LogP contribution in [0.3, 0.4) is 0 Å². The van der Waals surface area contributed by atoms with E-state index in [0.717, 1.165) is 13.2 Å². The Morgan fingerprint density at radius 3 is 1.23 bits per heavy atom. The van der Waals surface area contributed by atoms with Crippen molar-refractivity contribution in [1.29, 1.82) is 0 Å². The van der Waals surface area contributed by atoms with Gasteiger partial charge in [0, 0.05) is 0 Å². The van der Waals surface area contributed by atoms with Gasteiger partial charge >= 0.3 is 0 Å². The van der Waals surface area contributed by atoms with Gasteiger partial charge in [-0.25, -0.2) is 0 Å². The van der Waals surface area contributed by atoms with Gasteiger partial charge in [-0.2, -0.15) is 0 Å². The van der Waals surface area contributed by atoms with Crippen LogP contribution in [-0.4, -0.2) is 13.2 Å². The molecule has 0 unspecified atom stereocenters. The molecule has 1 aliphatic rings. The van der Waals surface area contributed by atoms with Crippen molar-refractivity contribution in [3.63, 3.8) is 0 Å². The molecule has 0 aliphatic carbocycles. The smallest absolute Gasteiger partial charge is 0.0701 e. The van der Waals surface area contributed by atoms with Crippen LogP contribution in [0.2, 0.25) is 0 Å². The number of rotatable bonds is 0. The predicted octanol–water partition coefficient (Wildman–Crippen LogP) is 2.86. The van der Waals surface area contributed by atoms with Crippen molar-refractivity contribution < 1.29 is 4.74 Å². The van der Waals surface area contributed by atoms with Crippen LogP contribution in [0.4, 0.5) is 0 Å². The molecule has 0 atom stereocenters. The lowest BCUT2D eigenvalue weighted by molar-refractivity contribution is 0.475. The minimum absolute atomic E-state index is 1.00. The SMILES string of the molecule is C1CO1.c1ccc2ccccc2c1. The van der Waals surface area contributed by atoms with Crippen molar-refractivity contribution in [3.8, 4) is 0 Å². The second-order valence-corrected chi connectivity index (χ2v) is 2.96. The van der Waals surface area contributed by atoms with E-state index in [9.17, 15) is 0 Å². The molecule has 0 saturated carbocycles. The Kier molecular flexibility index (Phi) is 2.58. The van der Waals surface area contributed by atoms with E-state index in [0.29, 0.717) is 0 Å². The van der Waals surface area contributed by atoms with Crippen molar-refractivity contribution in [2.45, 2.75) is 0 Å². The van der Waals surface area contributed by atoms with Crippen LogP contribution < -0.4 is 0 Å². The maximum Gasteiger partial charge on any atom is 0.0701 e. The van der Waals surface area contributed by atoms with Crippen molar-refractivity contribution in [2.24, 2.45) is 0 Å². The van der Waals surface area contributed by atoms with Crippen molar-refractivity contribution in [1.82, 2.24) is 0 Å². The third kappa shape index (κ3) is 2.56. The highest BCUT2D eigenvalue weighted by Gasteiger charge is 1.94. The highest BCUT2D eigenvalue weighted by atomic mass is 16.6. The Bertz CT molecular complexity index is 311. The number of epoxide rings is 1. The molecule has 0 aromatic heterocycles. The molecule has 0 N–H and O–H groups in total. The fourth-order valence-electron chi connectivity index (χ4n) is 1.13. The van der Waals surface area contributed by atoms with Crippen LogP contribution in [-0.2, 0) is 4.74 Å². The third-order valence-corrected chi connectivity index (χ3v) is 1.86. The Morgan fingerprint density at radius 1 is 0.692 bits per heavy atom. The van der Waals surface area contributed by atoms with Gasteiger partial charge in [0.25, 0.3) is 0 Å². The lowest BCUT2D eigenvalue weighted by Gasteiger charge is -1.92. The Labute approximate surface area is 78.0 Å². The van der Waals surface area contributed by atoms with Gasteiger partial charge in [0.05, 0.1) is 13.2 Å². The molecule has 1 saturated heterocycles. The molecule has 13 heavy (non-hydrogen) atoms. The van der Waals surface area contributed by atoms with Gasteiger partial charge in [-0.3, -0.25) is 0 Å². The average molecular weight is 172 g/mol. The first-order chi connectivity index (χ1) is 6.47. The summed E-state index contributed by atoms with van der Waals surface area (Å²) >= 11 is 0. The summed E-state index contributed by atoms with van der Waals surface area (Å²) in [7, 11) is 0. The van der Waals surface area contributed by atoms with Crippen LogP contribution in [0.5, 0.6) is 0 Å². The first-order valence-electron chi connectivity index (χ1n) is 4.48. The molecule has 66 valence electrons. The van der Waals surface area contributed by atoms with E-state index < -0.39 is 0 Å². The summed E-state index contributed by atoms with van der Waals surface area (Å²) in [4.78, 5) is 0. The highest BCUT2D eigenvalue weighted by Crippen LogP contribution is 2.11. The second-order valence-electron chi connectivity index (χ2n) is 2.96. The van der Waals surface area contributed by atoms with E-state index in [1.165, 1.54) is 10.8 Å². The molecule has 0 spiro atoms. The third-order valence-electron chi connectivity index (χ3n) is 1.86. The summed E-state index contributed by atoms with van der Waals surface area (Å²) in [5, 5.41) is 2.62. The average Bonchev–Trinajstić information content (AvgIpc) is 3.05. The molecule has 1 heterocycles. The summed E-state index contributed by atoms with van der Waals surface area (Å²) in [6.45, 7) is 2.00. The maximum atomic E-state index is 4.50. The summed E-state index contributed by atoms with van der Waals surface area (Å²) < 4.78 is 4.50. The van der Waals surface area contributed by atoms with Crippen LogP contribution in [0.25, 0.3) is 10.8 Å². The Balaban J connectivity index is 0.000000185. The van der Waals surface area contributed by atoms with Crippen LogP contribution in [0.1, 0.15) is 0 Å². The van der Waals surface area contributed by atoms with E-state index in [-0.39, 0.29) is 0 Å². The monoisotopic (exact) mass is 172 g/mol. The number of fused-ring (bicyclic) bond motifs is 1. The molecule has 0 bridgehead atoms. The molecule has 1 fully saturated rings.